The molecule has 0 spiro atoms. The molecule has 3 aromatic rings. The molecule has 1 aliphatic heterocycles. The molecule has 0 radical (unpaired) electrons. The number of hydrogen-bond donors (Lipinski definition) is 1. The summed E-state index contributed by atoms with van der Waals surface area (Å²) in [4.78, 5) is 22.8. The topological polar surface area (TPSA) is 76.6 Å². The van der Waals surface area contributed by atoms with Gasteiger partial charge >= 0.3 is 0 Å². The number of carbonyl (C=O) groups is 1. The number of rotatable bonds is 9. The van der Waals surface area contributed by atoms with Gasteiger partial charge in [0.2, 0.25) is 5.91 Å². The Bertz CT molecular complexity index is 1110. The summed E-state index contributed by atoms with van der Waals surface area (Å²) in [6, 6.07) is 10.6. The Morgan fingerprint density at radius 2 is 1.85 bits per heavy atom. The van der Waals surface area contributed by atoms with Crippen LogP contribution in [-0.4, -0.2) is 60.2 Å². The molecule has 4 rings (SSSR count). The molecule has 2 heterocycles. The van der Waals surface area contributed by atoms with Crippen LogP contribution >= 0.6 is 0 Å². The molecule has 9 heteroatoms. The van der Waals surface area contributed by atoms with Crippen molar-refractivity contribution in [2.24, 2.45) is 0 Å². The van der Waals surface area contributed by atoms with Crippen LogP contribution in [0.5, 0.6) is 5.75 Å². The van der Waals surface area contributed by atoms with Crippen LogP contribution in [0.3, 0.4) is 0 Å². The summed E-state index contributed by atoms with van der Waals surface area (Å²) in [5, 5.41) is 2.73. The largest absolute Gasteiger partial charge is 0.492 e. The Morgan fingerprint density at radius 3 is 2.59 bits per heavy atom. The van der Waals surface area contributed by atoms with Crippen molar-refractivity contribution in [1.29, 1.82) is 0 Å². The quantitative estimate of drug-likeness (QED) is 0.520. The Morgan fingerprint density at radius 1 is 1.06 bits per heavy atom. The van der Waals surface area contributed by atoms with E-state index in [2.05, 4.69) is 20.2 Å². The van der Waals surface area contributed by atoms with Gasteiger partial charge in [0.1, 0.15) is 24.0 Å². The lowest BCUT2D eigenvalue weighted by Crippen LogP contribution is -2.38. The van der Waals surface area contributed by atoms with Crippen LogP contribution in [0.1, 0.15) is 11.1 Å². The van der Waals surface area contributed by atoms with Crippen molar-refractivity contribution < 1.29 is 23.0 Å². The molecular weight excluding hydrogens is 442 g/mol. The van der Waals surface area contributed by atoms with Crippen molar-refractivity contribution >= 4 is 5.91 Å². The third kappa shape index (κ3) is 6.79. The molecule has 0 unspecified atom stereocenters. The fraction of sp³-hybridized carbons (Fsp3) is 0.320. The van der Waals surface area contributed by atoms with Crippen molar-refractivity contribution in [2.45, 2.75) is 13.0 Å². The van der Waals surface area contributed by atoms with Gasteiger partial charge in [-0.25, -0.2) is 18.7 Å². The zero-order chi connectivity index (χ0) is 23.8. The van der Waals surface area contributed by atoms with Crippen molar-refractivity contribution in [3.8, 4) is 17.1 Å². The van der Waals surface area contributed by atoms with Crippen molar-refractivity contribution in [3.63, 3.8) is 0 Å². The van der Waals surface area contributed by atoms with Gasteiger partial charge in [0.25, 0.3) is 0 Å². The Kier molecular flexibility index (Phi) is 8.11. The monoisotopic (exact) mass is 468 g/mol. The second-order valence-electron chi connectivity index (χ2n) is 7.94. The highest BCUT2D eigenvalue weighted by molar-refractivity contribution is 5.78. The van der Waals surface area contributed by atoms with Crippen LogP contribution < -0.4 is 10.1 Å². The number of aromatic nitrogens is 2. The lowest BCUT2D eigenvalue weighted by Gasteiger charge is -2.26. The van der Waals surface area contributed by atoms with E-state index in [1.807, 2.05) is 0 Å². The number of amides is 1. The lowest BCUT2D eigenvalue weighted by molar-refractivity contribution is -0.120. The minimum Gasteiger partial charge on any atom is -0.492 e. The first kappa shape index (κ1) is 23.7. The maximum atomic E-state index is 14.6. The van der Waals surface area contributed by atoms with E-state index in [0.29, 0.717) is 23.5 Å². The van der Waals surface area contributed by atoms with Gasteiger partial charge in [-0.3, -0.25) is 9.69 Å². The molecule has 178 valence electrons. The smallest absolute Gasteiger partial charge is 0.224 e. The van der Waals surface area contributed by atoms with E-state index in [4.69, 9.17) is 9.47 Å². The van der Waals surface area contributed by atoms with E-state index < -0.39 is 5.82 Å². The average molecular weight is 469 g/mol. The van der Waals surface area contributed by atoms with Gasteiger partial charge in [-0.2, -0.15) is 0 Å². The van der Waals surface area contributed by atoms with E-state index >= 15 is 0 Å². The summed E-state index contributed by atoms with van der Waals surface area (Å²) >= 11 is 0. The molecule has 1 aliphatic rings. The Hall–Kier alpha value is -3.43. The van der Waals surface area contributed by atoms with E-state index in [0.717, 1.165) is 32.8 Å². The van der Waals surface area contributed by atoms with Gasteiger partial charge in [-0.1, -0.05) is 12.1 Å². The predicted molar refractivity (Wildman–Crippen MR) is 122 cm³/mol. The number of halogens is 2. The second-order valence-corrected chi connectivity index (χ2v) is 7.94. The number of ether oxygens (including phenoxy) is 2. The van der Waals surface area contributed by atoms with Crippen molar-refractivity contribution in [2.75, 3.05) is 39.5 Å². The minimum atomic E-state index is -0.482. The first-order chi connectivity index (χ1) is 16.6. The standard InChI is InChI=1S/C25H26F2N4O3/c26-20-3-1-2-18(12-20)15-28-24(32)13-19-16-29-25(30-17-19)22-5-4-21(14-23(22)27)34-11-8-31-6-9-33-10-7-31/h1-5,12,14,16-17H,6-11,13,15H2,(H,28,32). The number of hydrogen-bond acceptors (Lipinski definition) is 6. The number of nitrogens with zero attached hydrogens (tertiary/aromatic N) is 3. The third-order valence-corrected chi connectivity index (χ3v) is 5.41. The van der Waals surface area contributed by atoms with Crippen LogP contribution in [-0.2, 0) is 22.5 Å². The van der Waals surface area contributed by atoms with E-state index in [1.165, 1.54) is 30.6 Å². The van der Waals surface area contributed by atoms with Crippen molar-refractivity contribution in [1.82, 2.24) is 20.2 Å². The minimum absolute atomic E-state index is 0.0635. The van der Waals surface area contributed by atoms with Gasteiger partial charge in [0.15, 0.2) is 5.82 Å². The summed E-state index contributed by atoms with van der Waals surface area (Å²) < 4.78 is 38.9. The maximum Gasteiger partial charge on any atom is 0.224 e. The lowest BCUT2D eigenvalue weighted by atomic mass is 10.1. The summed E-state index contributed by atoms with van der Waals surface area (Å²) in [6.07, 6.45) is 3.06. The zero-order valence-electron chi connectivity index (χ0n) is 18.7. The molecular formula is C25H26F2N4O3. The van der Waals surface area contributed by atoms with E-state index in [1.54, 1.807) is 24.3 Å². The summed E-state index contributed by atoms with van der Waals surface area (Å²) in [5.74, 6) is -0.409. The molecule has 2 aromatic carbocycles. The number of morpholine rings is 1. The third-order valence-electron chi connectivity index (χ3n) is 5.41. The summed E-state index contributed by atoms with van der Waals surface area (Å²) in [5.41, 5.74) is 1.51. The fourth-order valence-corrected chi connectivity index (χ4v) is 3.56. The zero-order valence-corrected chi connectivity index (χ0v) is 18.7. The predicted octanol–water partition coefficient (Wildman–Crippen LogP) is 2.99. The van der Waals surface area contributed by atoms with E-state index in [-0.39, 0.29) is 36.1 Å². The molecule has 0 atom stereocenters. The average Bonchev–Trinajstić information content (AvgIpc) is 2.84. The van der Waals surface area contributed by atoms with Gasteiger partial charge in [0.05, 0.1) is 25.2 Å². The molecule has 1 saturated heterocycles. The first-order valence-electron chi connectivity index (χ1n) is 11.1. The molecule has 34 heavy (non-hydrogen) atoms. The molecule has 1 aromatic heterocycles. The van der Waals surface area contributed by atoms with Crippen LogP contribution in [0.2, 0.25) is 0 Å². The summed E-state index contributed by atoms with van der Waals surface area (Å²) in [6.45, 7) is 4.64. The molecule has 1 N–H and O–H groups in total. The van der Waals surface area contributed by atoms with E-state index in [9.17, 15) is 13.6 Å². The molecule has 1 amide bonds. The number of benzene rings is 2. The van der Waals surface area contributed by atoms with Crippen LogP contribution in [0.15, 0.2) is 54.9 Å². The molecule has 0 bridgehead atoms. The second kappa shape index (κ2) is 11.6. The maximum absolute atomic E-state index is 14.6. The van der Waals surface area contributed by atoms with Crippen LogP contribution in [0, 0.1) is 11.6 Å². The van der Waals surface area contributed by atoms with Gasteiger partial charge in [-0.05, 0) is 35.4 Å². The summed E-state index contributed by atoms with van der Waals surface area (Å²) in [7, 11) is 0. The van der Waals surface area contributed by atoms with Gasteiger partial charge in [0, 0.05) is 44.6 Å². The normalized spacial score (nSPS) is 14.1. The number of nitrogens with one attached hydrogen (secondary N) is 1. The molecule has 1 fully saturated rings. The molecule has 0 aliphatic carbocycles. The highest BCUT2D eigenvalue weighted by Gasteiger charge is 2.13. The SMILES string of the molecule is O=C(Cc1cnc(-c2ccc(OCCN3CCOCC3)cc2F)nc1)NCc1cccc(F)c1. The fourth-order valence-electron chi connectivity index (χ4n) is 3.56. The highest BCUT2D eigenvalue weighted by atomic mass is 19.1. The van der Waals surface area contributed by atoms with Crippen LogP contribution in [0.4, 0.5) is 8.78 Å². The molecule has 0 saturated carbocycles. The van der Waals surface area contributed by atoms with Crippen molar-refractivity contribution in [3.05, 3.63) is 77.6 Å². The Balaban J connectivity index is 1.28. The van der Waals surface area contributed by atoms with Crippen LogP contribution in [0.25, 0.3) is 11.4 Å². The Labute approximate surface area is 196 Å². The van der Waals surface area contributed by atoms with Gasteiger partial charge < -0.3 is 14.8 Å². The number of carbonyl (C=O) groups excluding carboxylic acids is 1. The first-order valence-corrected chi connectivity index (χ1v) is 11.1. The molecule has 7 nitrogen and oxygen atoms in total. The highest BCUT2D eigenvalue weighted by Crippen LogP contribution is 2.23. The van der Waals surface area contributed by atoms with Gasteiger partial charge in [-0.15, -0.1) is 0 Å².